The molecule has 5 atom stereocenters. The number of halogens is 1. The number of hydrogen-bond acceptors (Lipinski definition) is 4. The van der Waals surface area contributed by atoms with E-state index in [2.05, 4.69) is 18.8 Å². The molecule has 5 nitrogen and oxygen atoms in total. The molecule has 6 heteroatoms. The Morgan fingerprint density at radius 3 is 2.61 bits per heavy atom. The number of rotatable bonds is 2. The molecule has 5 unspecified atom stereocenters. The average Bonchev–Trinajstić information content (AvgIpc) is 3.02. The lowest BCUT2D eigenvalue weighted by Gasteiger charge is -2.40. The van der Waals surface area contributed by atoms with Crippen LogP contribution in [0.5, 0.6) is 0 Å². The van der Waals surface area contributed by atoms with Crippen LogP contribution < -0.4 is 4.90 Å². The maximum Gasteiger partial charge on any atom is 0.295 e. The van der Waals surface area contributed by atoms with Crippen molar-refractivity contribution in [2.24, 2.45) is 17.8 Å². The van der Waals surface area contributed by atoms with Gasteiger partial charge in [0.2, 0.25) is 0 Å². The van der Waals surface area contributed by atoms with Crippen molar-refractivity contribution in [3.8, 4) is 0 Å². The summed E-state index contributed by atoms with van der Waals surface area (Å²) in [6.07, 6.45) is 3.00. The number of carbonyl (C=O) groups is 2. The lowest BCUT2D eigenvalue weighted by Crippen LogP contribution is -2.43. The SMILES string of the molecule is Cc1ccnc(N2C(=O)C3=C(C(=O)C4CC(C)C(C)CC4O3)C2c2cccc(Cl)c2)c1. The van der Waals surface area contributed by atoms with Gasteiger partial charge in [-0.25, -0.2) is 4.98 Å². The lowest BCUT2D eigenvalue weighted by molar-refractivity contribution is -0.134. The number of fused-ring (bicyclic) bond motifs is 1. The second kappa shape index (κ2) is 7.49. The molecule has 0 bridgehead atoms. The van der Waals surface area contributed by atoms with Gasteiger partial charge in [0, 0.05) is 11.2 Å². The number of hydrogen-bond donors (Lipinski definition) is 0. The summed E-state index contributed by atoms with van der Waals surface area (Å²) in [5, 5.41) is 0.554. The van der Waals surface area contributed by atoms with Crippen LogP contribution in [-0.2, 0) is 14.3 Å². The van der Waals surface area contributed by atoms with Gasteiger partial charge in [-0.15, -0.1) is 0 Å². The first kappa shape index (κ1) is 20.3. The first-order chi connectivity index (χ1) is 14.8. The summed E-state index contributed by atoms with van der Waals surface area (Å²) in [4.78, 5) is 33.4. The van der Waals surface area contributed by atoms with E-state index >= 15 is 0 Å². The standard InChI is InChI=1S/C25H25ClN2O3/c1-13-7-8-27-20(9-13)28-22(16-5-4-6-17(26)12-16)21-23(29)18-10-14(2)15(3)11-19(18)31-24(21)25(28)30/h4-9,12,14-15,18-19,22H,10-11H2,1-3H3. The van der Waals surface area contributed by atoms with Crippen LogP contribution in [0.3, 0.4) is 0 Å². The normalized spacial score (nSPS) is 30.2. The Morgan fingerprint density at radius 1 is 1.10 bits per heavy atom. The van der Waals surface area contributed by atoms with E-state index in [1.165, 1.54) is 0 Å². The number of ketones is 1. The second-order valence-electron chi connectivity index (χ2n) is 9.12. The number of anilines is 1. The zero-order chi connectivity index (χ0) is 21.9. The van der Waals surface area contributed by atoms with Gasteiger partial charge in [0.05, 0.1) is 17.5 Å². The molecule has 0 saturated heterocycles. The van der Waals surface area contributed by atoms with E-state index in [-0.39, 0.29) is 29.5 Å². The molecule has 1 aromatic carbocycles. The van der Waals surface area contributed by atoms with Crippen molar-refractivity contribution >= 4 is 29.1 Å². The van der Waals surface area contributed by atoms with Crippen molar-refractivity contribution in [3.05, 3.63) is 70.1 Å². The molecule has 3 aliphatic rings. The van der Waals surface area contributed by atoms with Gasteiger partial charge in [-0.3, -0.25) is 14.5 Å². The third-order valence-electron chi connectivity index (χ3n) is 7.02. The van der Waals surface area contributed by atoms with Gasteiger partial charge in [-0.05, 0) is 67.0 Å². The molecule has 0 N–H and O–H groups in total. The number of benzene rings is 1. The van der Waals surface area contributed by atoms with Crippen molar-refractivity contribution in [3.63, 3.8) is 0 Å². The second-order valence-corrected chi connectivity index (χ2v) is 9.56. The van der Waals surface area contributed by atoms with Gasteiger partial charge in [0.25, 0.3) is 5.91 Å². The van der Waals surface area contributed by atoms with Gasteiger partial charge in [-0.1, -0.05) is 37.6 Å². The largest absolute Gasteiger partial charge is 0.483 e. The molecule has 1 aromatic heterocycles. The number of Topliss-reactive ketones (excluding diaryl/α,β-unsaturated/α-hetero) is 1. The van der Waals surface area contributed by atoms with Crippen LogP contribution in [0, 0.1) is 24.7 Å². The summed E-state index contributed by atoms with van der Waals surface area (Å²) < 4.78 is 6.29. The average molecular weight is 437 g/mol. The van der Waals surface area contributed by atoms with Crippen molar-refractivity contribution in [2.75, 3.05) is 4.90 Å². The first-order valence-electron chi connectivity index (χ1n) is 10.8. The number of aromatic nitrogens is 1. The Morgan fingerprint density at radius 2 is 1.87 bits per heavy atom. The summed E-state index contributed by atoms with van der Waals surface area (Å²) in [7, 11) is 0. The molecule has 1 amide bonds. The molecule has 5 rings (SSSR count). The highest BCUT2D eigenvalue weighted by atomic mass is 35.5. The zero-order valence-corrected chi connectivity index (χ0v) is 18.6. The third-order valence-corrected chi connectivity index (χ3v) is 7.26. The minimum Gasteiger partial charge on any atom is -0.483 e. The van der Waals surface area contributed by atoms with Crippen LogP contribution in [0.2, 0.25) is 5.02 Å². The lowest BCUT2D eigenvalue weighted by atomic mass is 9.70. The maximum absolute atomic E-state index is 13.8. The van der Waals surface area contributed by atoms with Gasteiger partial charge >= 0.3 is 0 Å². The Bertz CT molecular complexity index is 1110. The number of nitrogens with zero attached hydrogens (tertiary/aromatic N) is 2. The van der Waals surface area contributed by atoms with Gasteiger partial charge in [-0.2, -0.15) is 0 Å². The van der Waals surface area contributed by atoms with Crippen molar-refractivity contribution < 1.29 is 14.3 Å². The van der Waals surface area contributed by atoms with E-state index in [9.17, 15) is 9.59 Å². The molecule has 2 aliphatic heterocycles. The summed E-state index contributed by atoms with van der Waals surface area (Å²) in [6, 6.07) is 10.5. The Kier molecular flexibility index (Phi) is 4.89. The first-order valence-corrected chi connectivity index (χ1v) is 11.2. The quantitative estimate of drug-likeness (QED) is 0.662. The summed E-state index contributed by atoms with van der Waals surface area (Å²) in [5.74, 6) is 1.07. The summed E-state index contributed by atoms with van der Waals surface area (Å²) >= 11 is 6.28. The summed E-state index contributed by atoms with van der Waals surface area (Å²) in [5.41, 5.74) is 2.21. The highest BCUT2D eigenvalue weighted by Gasteiger charge is 2.54. The molecular weight excluding hydrogens is 412 g/mol. The summed E-state index contributed by atoms with van der Waals surface area (Å²) in [6.45, 7) is 6.33. The topological polar surface area (TPSA) is 59.5 Å². The molecule has 160 valence electrons. The van der Waals surface area contributed by atoms with Gasteiger partial charge in [0.15, 0.2) is 11.5 Å². The van der Waals surface area contributed by atoms with Crippen molar-refractivity contribution in [1.29, 1.82) is 0 Å². The van der Waals surface area contributed by atoms with E-state index in [0.717, 1.165) is 24.0 Å². The predicted octanol–water partition coefficient (Wildman–Crippen LogP) is 5.04. The van der Waals surface area contributed by atoms with E-state index in [1.54, 1.807) is 17.2 Å². The number of amides is 1. The van der Waals surface area contributed by atoms with Crippen LogP contribution in [0.25, 0.3) is 0 Å². The van der Waals surface area contributed by atoms with E-state index in [4.69, 9.17) is 16.3 Å². The molecule has 0 radical (unpaired) electrons. The molecule has 31 heavy (non-hydrogen) atoms. The molecule has 1 saturated carbocycles. The van der Waals surface area contributed by atoms with E-state index in [1.807, 2.05) is 37.3 Å². The van der Waals surface area contributed by atoms with Crippen LogP contribution in [0.15, 0.2) is 53.9 Å². The van der Waals surface area contributed by atoms with Crippen LogP contribution in [0.4, 0.5) is 5.82 Å². The Hall–Kier alpha value is -2.66. The monoisotopic (exact) mass is 436 g/mol. The molecule has 1 aliphatic carbocycles. The highest BCUT2D eigenvalue weighted by molar-refractivity contribution is 6.30. The van der Waals surface area contributed by atoms with Crippen LogP contribution in [-0.4, -0.2) is 22.8 Å². The number of aryl methyl sites for hydroxylation is 1. The number of carbonyl (C=O) groups excluding carboxylic acids is 2. The maximum atomic E-state index is 13.8. The van der Waals surface area contributed by atoms with Crippen molar-refractivity contribution in [1.82, 2.24) is 4.98 Å². The van der Waals surface area contributed by atoms with E-state index < -0.39 is 6.04 Å². The number of ether oxygens (including phenoxy) is 1. The molecular formula is C25H25ClN2O3. The number of pyridine rings is 1. The molecule has 2 aromatic rings. The Labute approximate surface area is 187 Å². The highest BCUT2D eigenvalue weighted by Crippen LogP contribution is 2.49. The van der Waals surface area contributed by atoms with Gasteiger partial charge < -0.3 is 4.74 Å². The molecule has 3 heterocycles. The predicted molar refractivity (Wildman–Crippen MR) is 119 cm³/mol. The molecule has 1 fully saturated rings. The van der Waals surface area contributed by atoms with Crippen molar-refractivity contribution in [2.45, 2.75) is 45.8 Å². The fraction of sp³-hybridized carbons (Fsp3) is 0.400. The Balaban J connectivity index is 1.65. The van der Waals surface area contributed by atoms with Crippen LogP contribution in [0.1, 0.15) is 43.9 Å². The van der Waals surface area contributed by atoms with Gasteiger partial charge in [0.1, 0.15) is 11.9 Å². The minimum atomic E-state index is -0.599. The minimum absolute atomic E-state index is 0.0264. The smallest absolute Gasteiger partial charge is 0.295 e. The van der Waals surface area contributed by atoms with Crippen LogP contribution >= 0.6 is 11.6 Å². The third kappa shape index (κ3) is 3.26. The fourth-order valence-corrected chi connectivity index (χ4v) is 5.34. The zero-order valence-electron chi connectivity index (χ0n) is 17.8. The fourth-order valence-electron chi connectivity index (χ4n) is 5.14. The van der Waals surface area contributed by atoms with E-state index in [0.29, 0.717) is 28.2 Å². The molecule has 0 spiro atoms.